The predicted molar refractivity (Wildman–Crippen MR) is 57.4 cm³/mol. The quantitative estimate of drug-likeness (QED) is 0.659. The molecule has 1 amide bonds. The summed E-state index contributed by atoms with van der Waals surface area (Å²) in [6, 6.07) is 0.362. The zero-order chi connectivity index (χ0) is 11.2. The fourth-order valence-electron chi connectivity index (χ4n) is 2.61. The lowest BCUT2D eigenvalue weighted by atomic mass is 10.1. The Labute approximate surface area is 90.8 Å². The van der Waals surface area contributed by atoms with Crippen molar-refractivity contribution in [3.63, 3.8) is 0 Å². The van der Waals surface area contributed by atoms with E-state index in [1.807, 2.05) is 25.7 Å². The second-order valence-electron chi connectivity index (χ2n) is 5.70. The first kappa shape index (κ1) is 10.7. The summed E-state index contributed by atoms with van der Waals surface area (Å²) in [5, 5.41) is 0. The van der Waals surface area contributed by atoms with Crippen LogP contribution in [0.25, 0.3) is 0 Å². The van der Waals surface area contributed by atoms with Crippen LogP contribution < -0.4 is 5.73 Å². The maximum absolute atomic E-state index is 11.8. The Morgan fingerprint density at radius 3 is 2.53 bits per heavy atom. The summed E-state index contributed by atoms with van der Waals surface area (Å²) < 4.78 is 5.35. The van der Waals surface area contributed by atoms with Gasteiger partial charge in [-0.25, -0.2) is 4.79 Å². The van der Waals surface area contributed by atoms with E-state index in [0.717, 1.165) is 19.4 Å². The molecule has 0 aromatic heterocycles. The number of carbonyl (C=O) groups excluding carboxylic acids is 1. The average Bonchev–Trinajstić information content (AvgIpc) is 2.58. The predicted octanol–water partition coefficient (Wildman–Crippen LogP) is 1.34. The number of hydrogen-bond donors (Lipinski definition) is 1. The van der Waals surface area contributed by atoms with Crippen LogP contribution in [-0.2, 0) is 4.74 Å². The van der Waals surface area contributed by atoms with E-state index in [4.69, 9.17) is 10.5 Å². The van der Waals surface area contributed by atoms with Gasteiger partial charge in [0.15, 0.2) is 0 Å². The summed E-state index contributed by atoms with van der Waals surface area (Å²) in [6.45, 7) is 6.49. The van der Waals surface area contributed by atoms with Crippen LogP contribution in [0.4, 0.5) is 4.79 Å². The molecule has 2 fully saturated rings. The van der Waals surface area contributed by atoms with Crippen LogP contribution in [0, 0.1) is 5.92 Å². The molecule has 0 radical (unpaired) electrons. The molecular weight excluding hydrogens is 192 g/mol. The number of fused-ring (bicyclic) bond motifs is 2. The smallest absolute Gasteiger partial charge is 0.410 e. The molecule has 0 aromatic carbocycles. The number of rotatable bonds is 0. The van der Waals surface area contributed by atoms with Gasteiger partial charge in [-0.15, -0.1) is 0 Å². The van der Waals surface area contributed by atoms with E-state index in [0.29, 0.717) is 5.92 Å². The van der Waals surface area contributed by atoms with Gasteiger partial charge in [0, 0.05) is 12.6 Å². The van der Waals surface area contributed by atoms with Crippen molar-refractivity contribution in [1.29, 1.82) is 0 Å². The van der Waals surface area contributed by atoms with E-state index in [1.165, 1.54) is 0 Å². The number of nitrogens with zero attached hydrogens (tertiary/aromatic N) is 1. The third kappa shape index (κ3) is 2.09. The van der Waals surface area contributed by atoms with Gasteiger partial charge < -0.3 is 15.4 Å². The summed E-state index contributed by atoms with van der Waals surface area (Å²) in [7, 11) is 0. The van der Waals surface area contributed by atoms with Crippen molar-refractivity contribution in [1.82, 2.24) is 4.90 Å². The van der Waals surface area contributed by atoms with E-state index >= 15 is 0 Å². The molecule has 2 rings (SSSR count). The highest BCUT2D eigenvalue weighted by atomic mass is 16.6. The Hall–Kier alpha value is -0.770. The molecule has 3 atom stereocenters. The molecule has 1 aliphatic heterocycles. The van der Waals surface area contributed by atoms with Crippen molar-refractivity contribution in [3.8, 4) is 0 Å². The molecule has 15 heavy (non-hydrogen) atoms. The van der Waals surface area contributed by atoms with Gasteiger partial charge in [-0.1, -0.05) is 0 Å². The number of carbonyl (C=O) groups is 1. The van der Waals surface area contributed by atoms with Gasteiger partial charge in [0.2, 0.25) is 0 Å². The summed E-state index contributed by atoms with van der Waals surface area (Å²) >= 11 is 0. The van der Waals surface area contributed by atoms with E-state index in [2.05, 4.69) is 0 Å². The number of likely N-dealkylation sites (tertiary alicyclic amines) is 1. The average molecular weight is 212 g/mol. The molecule has 2 N–H and O–H groups in total. The van der Waals surface area contributed by atoms with Crippen LogP contribution >= 0.6 is 0 Å². The Kier molecular flexibility index (Phi) is 2.41. The molecule has 0 aromatic rings. The molecule has 4 nitrogen and oxygen atoms in total. The fourth-order valence-corrected chi connectivity index (χ4v) is 2.61. The lowest BCUT2D eigenvalue weighted by Crippen LogP contribution is -2.49. The maximum atomic E-state index is 11.8. The van der Waals surface area contributed by atoms with Crippen molar-refractivity contribution in [3.05, 3.63) is 0 Å². The molecule has 4 heteroatoms. The normalized spacial score (nSPS) is 34.7. The van der Waals surface area contributed by atoms with Gasteiger partial charge in [0.1, 0.15) is 5.60 Å². The second-order valence-corrected chi connectivity index (χ2v) is 5.70. The van der Waals surface area contributed by atoms with Crippen molar-refractivity contribution in [2.45, 2.75) is 51.3 Å². The fraction of sp³-hybridized carbons (Fsp3) is 0.909. The SMILES string of the molecule is CC(C)(C)OC(=O)N1C[C@@H]2C[C@H](N)[C@@H]1C2. The highest BCUT2D eigenvalue weighted by molar-refractivity contribution is 5.69. The summed E-state index contributed by atoms with van der Waals surface area (Å²) in [6.07, 6.45) is 1.91. The molecule has 86 valence electrons. The van der Waals surface area contributed by atoms with Gasteiger partial charge in [-0.3, -0.25) is 0 Å². The second kappa shape index (κ2) is 3.37. The lowest BCUT2D eigenvalue weighted by Gasteiger charge is -2.33. The van der Waals surface area contributed by atoms with E-state index in [-0.39, 0.29) is 18.2 Å². The Morgan fingerprint density at radius 1 is 1.40 bits per heavy atom. The molecule has 0 spiro atoms. The summed E-state index contributed by atoms with van der Waals surface area (Å²) in [5.74, 6) is 0.595. The molecule has 2 bridgehead atoms. The minimum absolute atomic E-state index is 0.149. The van der Waals surface area contributed by atoms with Gasteiger partial charge in [0.25, 0.3) is 0 Å². The Bertz CT molecular complexity index is 272. The number of hydrogen-bond acceptors (Lipinski definition) is 3. The third-order valence-electron chi connectivity index (χ3n) is 3.16. The van der Waals surface area contributed by atoms with Crippen molar-refractivity contribution >= 4 is 6.09 Å². The molecular formula is C11H20N2O2. The molecule has 2 aliphatic rings. The van der Waals surface area contributed by atoms with Crippen LogP contribution in [0.5, 0.6) is 0 Å². The van der Waals surface area contributed by atoms with E-state index < -0.39 is 5.60 Å². The molecule has 1 heterocycles. The van der Waals surface area contributed by atoms with Gasteiger partial charge in [-0.05, 0) is 39.5 Å². The minimum atomic E-state index is -0.414. The van der Waals surface area contributed by atoms with Crippen LogP contribution in [0.3, 0.4) is 0 Å². The van der Waals surface area contributed by atoms with Crippen LogP contribution in [0.15, 0.2) is 0 Å². The lowest BCUT2D eigenvalue weighted by molar-refractivity contribution is 0.0172. The highest BCUT2D eigenvalue weighted by Gasteiger charge is 2.46. The maximum Gasteiger partial charge on any atom is 0.410 e. The summed E-state index contributed by atoms with van der Waals surface area (Å²) in [5.41, 5.74) is 5.55. The molecule has 0 unspecified atom stereocenters. The third-order valence-corrected chi connectivity index (χ3v) is 3.16. The number of amides is 1. The van der Waals surface area contributed by atoms with Gasteiger partial charge >= 0.3 is 6.09 Å². The Balaban J connectivity index is 1.98. The molecule has 1 aliphatic carbocycles. The standard InChI is InChI=1S/C11H20N2O2/c1-11(2,3)15-10(14)13-6-7-4-8(12)9(13)5-7/h7-9H,4-6,12H2,1-3H3/t7-,8+,9+/m1/s1. The summed E-state index contributed by atoms with van der Waals surface area (Å²) in [4.78, 5) is 13.7. The Morgan fingerprint density at radius 2 is 2.07 bits per heavy atom. The first-order valence-electron chi connectivity index (χ1n) is 5.62. The van der Waals surface area contributed by atoms with Crippen LogP contribution in [0.1, 0.15) is 33.6 Å². The van der Waals surface area contributed by atoms with E-state index in [9.17, 15) is 4.79 Å². The zero-order valence-corrected chi connectivity index (χ0v) is 9.69. The van der Waals surface area contributed by atoms with Crippen LogP contribution in [0.2, 0.25) is 0 Å². The number of ether oxygens (including phenoxy) is 1. The van der Waals surface area contributed by atoms with Gasteiger partial charge in [0.05, 0.1) is 6.04 Å². The highest BCUT2D eigenvalue weighted by Crippen LogP contribution is 2.37. The zero-order valence-electron chi connectivity index (χ0n) is 9.69. The topological polar surface area (TPSA) is 55.6 Å². The largest absolute Gasteiger partial charge is 0.444 e. The van der Waals surface area contributed by atoms with Crippen molar-refractivity contribution < 1.29 is 9.53 Å². The first-order chi connectivity index (χ1) is 6.87. The van der Waals surface area contributed by atoms with E-state index in [1.54, 1.807) is 0 Å². The monoisotopic (exact) mass is 212 g/mol. The number of nitrogens with two attached hydrogens (primary N) is 1. The van der Waals surface area contributed by atoms with Crippen molar-refractivity contribution in [2.24, 2.45) is 11.7 Å². The molecule has 1 saturated heterocycles. The number of piperidine rings is 1. The van der Waals surface area contributed by atoms with Gasteiger partial charge in [-0.2, -0.15) is 0 Å². The van der Waals surface area contributed by atoms with Crippen molar-refractivity contribution in [2.75, 3.05) is 6.54 Å². The van der Waals surface area contributed by atoms with Crippen LogP contribution in [-0.4, -0.2) is 35.2 Å². The molecule has 1 saturated carbocycles. The first-order valence-corrected chi connectivity index (χ1v) is 5.62. The minimum Gasteiger partial charge on any atom is -0.444 e.